The molecule has 3 heterocycles. The van der Waals surface area contributed by atoms with Crippen LogP contribution < -0.4 is 9.80 Å². The zero-order chi connectivity index (χ0) is 20.2. The topological polar surface area (TPSA) is 98.0 Å². The van der Waals surface area contributed by atoms with Crippen LogP contribution in [0.4, 0.5) is 17.1 Å². The lowest BCUT2D eigenvalue weighted by Gasteiger charge is -2.33. The van der Waals surface area contributed by atoms with Gasteiger partial charge in [0.2, 0.25) is 0 Å². The molecule has 0 spiro atoms. The van der Waals surface area contributed by atoms with Crippen LogP contribution in [0.3, 0.4) is 0 Å². The highest BCUT2D eigenvalue weighted by molar-refractivity contribution is 6.13. The number of nitrogens with zero attached hydrogens (tertiary/aromatic N) is 4. The first-order valence-corrected chi connectivity index (χ1v) is 9.57. The number of ketones is 1. The van der Waals surface area contributed by atoms with Gasteiger partial charge in [0.05, 0.1) is 42.6 Å². The van der Waals surface area contributed by atoms with Crippen LogP contribution in [-0.2, 0) is 9.47 Å². The minimum Gasteiger partial charge on any atom is -0.378 e. The number of nitro groups is 1. The van der Waals surface area contributed by atoms with Gasteiger partial charge in [0.25, 0.3) is 5.69 Å². The Bertz CT molecular complexity index is 893. The Hall–Kier alpha value is -3.04. The fraction of sp³-hybridized carbons (Fsp3) is 0.400. The first-order chi connectivity index (χ1) is 14.1. The van der Waals surface area contributed by atoms with E-state index in [4.69, 9.17) is 9.47 Å². The molecule has 1 aromatic heterocycles. The lowest BCUT2D eigenvalue weighted by Crippen LogP contribution is -2.39. The van der Waals surface area contributed by atoms with E-state index < -0.39 is 4.92 Å². The van der Waals surface area contributed by atoms with Gasteiger partial charge in [-0.05, 0) is 18.2 Å². The van der Waals surface area contributed by atoms with Crippen LogP contribution in [0.5, 0.6) is 0 Å². The van der Waals surface area contributed by atoms with E-state index in [0.717, 1.165) is 0 Å². The van der Waals surface area contributed by atoms with Gasteiger partial charge in [-0.2, -0.15) is 0 Å². The van der Waals surface area contributed by atoms with E-state index in [1.807, 2.05) is 4.90 Å². The summed E-state index contributed by atoms with van der Waals surface area (Å²) in [5, 5.41) is 11.9. The first kappa shape index (κ1) is 19.3. The number of ether oxygens (including phenoxy) is 2. The SMILES string of the molecule is O=C(c1ccncc1)c1cc([N+](=O)[O-])c(N2CCOCC2)cc1N1CCOCC1. The molecule has 0 bridgehead atoms. The minimum absolute atomic E-state index is 0.0682. The van der Waals surface area contributed by atoms with Gasteiger partial charge in [0.15, 0.2) is 5.78 Å². The Morgan fingerprint density at radius 2 is 1.48 bits per heavy atom. The fourth-order valence-corrected chi connectivity index (χ4v) is 3.68. The van der Waals surface area contributed by atoms with Crippen molar-refractivity contribution in [1.82, 2.24) is 4.98 Å². The maximum Gasteiger partial charge on any atom is 0.293 e. The third kappa shape index (κ3) is 4.06. The van der Waals surface area contributed by atoms with Crippen molar-refractivity contribution in [2.24, 2.45) is 0 Å². The van der Waals surface area contributed by atoms with Crippen molar-refractivity contribution in [3.8, 4) is 0 Å². The average molecular weight is 398 g/mol. The summed E-state index contributed by atoms with van der Waals surface area (Å²) in [7, 11) is 0. The number of pyridine rings is 1. The van der Waals surface area contributed by atoms with Gasteiger partial charge in [-0.15, -0.1) is 0 Å². The summed E-state index contributed by atoms with van der Waals surface area (Å²) in [6.45, 7) is 4.51. The predicted octanol–water partition coefficient (Wildman–Crippen LogP) is 1.89. The van der Waals surface area contributed by atoms with Crippen LogP contribution in [0.25, 0.3) is 0 Å². The summed E-state index contributed by atoms with van der Waals surface area (Å²) in [5.41, 5.74) is 1.92. The van der Waals surface area contributed by atoms with E-state index in [1.165, 1.54) is 18.5 Å². The minimum atomic E-state index is -0.419. The predicted molar refractivity (Wildman–Crippen MR) is 107 cm³/mol. The molecule has 0 aliphatic carbocycles. The number of aromatic nitrogens is 1. The number of morpholine rings is 2. The van der Waals surface area contributed by atoms with Crippen molar-refractivity contribution in [1.29, 1.82) is 0 Å². The van der Waals surface area contributed by atoms with Gasteiger partial charge < -0.3 is 19.3 Å². The maximum absolute atomic E-state index is 13.2. The van der Waals surface area contributed by atoms with Crippen LogP contribution >= 0.6 is 0 Å². The smallest absolute Gasteiger partial charge is 0.293 e. The molecule has 2 aromatic rings. The molecule has 0 N–H and O–H groups in total. The number of benzene rings is 1. The summed E-state index contributed by atoms with van der Waals surface area (Å²) >= 11 is 0. The number of hydrogen-bond acceptors (Lipinski definition) is 8. The van der Waals surface area contributed by atoms with Gasteiger partial charge in [0.1, 0.15) is 5.69 Å². The number of nitro benzene ring substituents is 1. The summed E-state index contributed by atoms with van der Waals surface area (Å²) < 4.78 is 10.8. The normalized spacial score (nSPS) is 17.2. The summed E-state index contributed by atoms with van der Waals surface area (Å²) in [4.78, 5) is 32.6. The second-order valence-electron chi connectivity index (χ2n) is 6.88. The maximum atomic E-state index is 13.2. The molecular formula is C20H22N4O5. The quantitative estimate of drug-likeness (QED) is 0.428. The first-order valence-electron chi connectivity index (χ1n) is 9.57. The highest BCUT2D eigenvalue weighted by Gasteiger charge is 2.29. The lowest BCUT2D eigenvalue weighted by molar-refractivity contribution is -0.384. The molecule has 0 radical (unpaired) electrons. The number of carbonyl (C=O) groups excluding carboxylic acids is 1. The van der Waals surface area contributed by atoms with Crippen molar-refractivity contribution in [3.05, 3.63) is 57.9 Å². The summed E-state index contributed by atoms with van der Waals surface area (Å²) in [6.07, 6.45) is 3.08. The molecule has 0 saturated carbocycles. The molecule has 1 aromatic carbocycles. The molecule has 0 atom stereocenters. The van der Waals surface area contributed by atoms with E-state index in [0.29, 0.717) is 75.1 Å². The summed E-state index contributed by atoms with van der Waals surface area (Å²) in [6, 6.07) is 6.43. The molecule has 0 amide bonds. The Balaban J connectivity index is 1.84. The van der Waals surface area contributed by atoms with Crippen LogP contribution in [0.1, 0.15) is 15.9 Å². The standard InChI is InChI=1S/C20H22N4O5/c25-20(15-1-3-21-4-2-15)16-13-19(24(26)27)18(23-7-11-29-12-8-23)14-17(16)22-5-9-28-10-6-22/h1-4,13-14H,5-12H2. The van der Waals surface area contributed by atoms with Crippen molar-refractivity contribution in [2.75, 3.05) is 62.4 Å². The van der Waals surface area contributed by atoms with Crippen LogP contribution in [0.15, 0.2) is 36.7 Å². The molecule has 4 rings (SSSR count). The van der Waals surface area contributed by atoms with E-state index in [9.17, 15) is 14.9 Å². The van der Waals surface area contributed by atoms with Gasteiger partial charge in [-0.3, -0.25) is 19.9 Å². The monoisotopic (exact) mass is 398 g/mol. The molecule has 2 aliphatic rings. The number of carbonyl (C=O) groups is 1. The Labute approximate surface area is 168 Å². The molecule has 9 heteroatoms. The Kier molecular flexibility index (Phi) is 5.68. The molecule has 0 unspecified atom stereocenters. The third-order valence-electron chi connectivity index (χ3n) is 5.18. The second kappa shape index (κ2) is 8.54. The Morgan fingerprint density at radius 3 is 2.03 bits per heavy atom. The molecule has 152 valence electrons. The Morgan fingerprint density at radius 1 is 0.931 bits per heavy atom. The van der Waals surface area contributed by atoms with Gasteiger partial charge >= 0.3 is 0 Å². The van der Waals surface area contributed by atoms with E-state index in [-0.39, 0.29) is 11.5 Å². The highest BCUT2D eigenvalue weighted by atomic mass is 16.6. The van der Waals surface area contributed by atoms with Crippen LogP contribution in [0.2, 0.25) is 0 Å². The van der Waals surface area contributed by atoms with E-state index in [2.05, 4.69) is 9.88 Å². The third-order valence-corrected chi connectivity index (χ3v) is 5.18. The van der Waals surface area contributed by atoms with Crippen molar-refractivity contribution >= 4 is 22.8 Å². The molecule has 2 aliphatic heterocycles. The largest absolute Gasteiger partial charge is 0.378 e. The molecule has 2 fully saturated rings. The van der Waals surface area contributed by atoms with E-state index >= 15 is 0 Å². The molecule has 2 saturated heterocycles. The van der Waals surface area contributed by atoms with Crippen molar-refractivity contribution in [3.63, 3.8) is 0 Å². The average Bonchev–Trinajstić information content (AvgIpc) is 2.79. The van der Waals surface area contributed by atoms with Gasteiger partial charge in [-0.25, -0.2) is 0 Å². The van der Waals surface area contributed by atoms with Crippen molar-refractivity contribution in [2.45, 2.75) is 0 Å². The fourth-order valence-electron chi connectivity index (χ4n) is 3.68. The summed E-state index contributed by atoms with van der Waals surface area (Å²) in [5.74, 6) is -0.259. The lowest BCUT2D eigenvalue weighted by atomic mass is 9.99. The number of hydrogen-bond donors (Lipinski definition) is 0. The molecule has 9 nitrogen and oxygen atoms in total. The second-order valence-corrected chi connectivity index (χ2v) is 6.88. The van der Waals surface area contributed by atoms with Gasteiger partial charge in [-0.1, -0.05) is 0 Å². The van der Waals surface area contributed by atoms with Gasteiger partial charge in [0, 0.05) is 50.2 Å². The number of anilines is 2. The number of rotatable bonds is 5. The van der Waals surface area contributed by atoms with E-state index in [1.54, 1.807) is 18.2 Å². The molecule has 29 heavy (non-hydrogen) atoms. The van der Waals surface area contributed by atoms with Crippen LogP contribution in [-0.4, -0.2) is 68.3 Å². The van der Waals surface area contributed by atoms with Crippen molar-refractivity contribution < 1.29 is 19.2 Å². The zero-order valence-corrected chi connectivity index (χ0v) is 16.0. The van der Waals surface area contributed by atoms with Crippen LogP contribution in [0, 0.1) is 10.1 Å². The molecular weight excluding hydrogens is 376 g/mol. The highest BCUT2D eigenvalue weighted by Crippen LogP contribution is 2.37. The zero-order valence-electron chi connectivity index (χ0n) is 16.0.